The van der Waals surface area contributed by atoms with Crippen molar-refractivity contribution >= 4 is 5.78 Å². The Balaban J connectivity index is 2.16. The highest BCUT2D eigenvalue weighted by atomic mass is 16.1. The lowest BCUT2D eigenvalue weighted by Crippen LogP contribution is -2.22. The maximum absolute atomic E-state index is 12.5. The SMILES string of the molecule is CC1=C(C)C(C(=O)C2CCC(C)=C2C)CC1. The minimum Gasteiger partial charge on any atom is -0.298 e. The number of rotatable bonds is 2. The molecule has 2 aliphatic carbocycles. The van der Waals surface area contributed by atoms with Gasteiger partial charge in [-0.15, -0.1) is 0 Å². The van der Waals surface area contributed by atoms with Gasteiger partial charge in [0.05, 0.1) is 0 Å². The molecule has 0 saturated carbocycles. The van der Waals surface area contributed by atoms with E-state index < -0.39 is 0 Å². The maximum atomic E-state index is 12.5. The lowest BCUT2D eigenvalue weighted by Gasteiger charge is -2.17. The van der Waals surface area contributed by atoms with Gasteiger partial charge in [-0.25, -0.2) is 0 Å². The maximum Gasteiger partial charge on any atom is 0.147 e. The Hall–Kier alpha value is -0.850. The summed E-state index contributed by atoms with van der Waals surface area (Å²) in [5.74, 6) is 0.945. The molecule has 0 aromatic heterocycles. The van der Waals surface area contributed by atoms with Crippen molar-refractivity contribution in [2.24, 2.45) is 11.8 Å². The second-order valence-corrected chi connectivity index (χ2v) is 5.51. The third-order valence-corrected chi connectivity index (χ3v) is 4.69. The summed E-state index contributed by atoms with van der Waals surface area (Å²) in [5, 5.41) is 0. The van der Waals surface area contributed by atoms with Crippen LogP contribution in [0, 0.1) is 11.8 Å². The molecule has 1 heteroatoms. The Morgan fingerprint density at radius 1 is 0.875 bits per heavy atom. The van der Waals surface area contributed by atoms with E-state index in [2.05, 4.69) is 27.7 Å². The van der Waals surface area contributed by atoms with Crippen molar-refractivity contribution < 1.29 is 4.79 Å². The van der Waals surface area contributed by atoms with E-state index in [1.54, 1.807) is 0 Å². The Morgan fingerprint density at radius 2 is 1.25 bits per heavy atom. The van der Waals surface area contributed by atoms with E-state index in [0.717, 1.165) is 25.7 Å². The van der Waals surface area contributed by atoms with Crippen LogP contribution in [0.15, 0.2) is 22.3 Å². The van der Waals surface area contributed by atoms with E-state index in [0.29, 0.717) is 5.78 Å². The molecule has 88 valence electrons. The van der Waals surface area contributed by atoms with Crippen molar-refractivity contribution in [3.05, 3.63) is 22.3 Å². The van der Waals surface area contributed by atoms with Gasteiger partial charge in [0, 0.05) is 11.8 Å². The van der Waals surface area contributed by atoms with Crippen LogP contribution in [-0.4, -0.2) is 5.78 Å². The van der Waals surface area contributed by atoms with Crippen LogP contribution in [0.5, 0.6) is 0 Å². The number of hydrogen-bond acceptors (Lipinski definition) is 1. The van der Waals surface area contributed by atoms with Gasteiger partial charge < -0.3 is 0 Å². The molecule has 0 radical (unpaired) electrons. The highest BCUT2D eigenvalue weighted by molar-refractivity contribution is 5.89. The van der Waals surface area contributed by atoms with Crippen LogP contribution in [0.3, 0.4) is 0 Å². The van der Waals surface area contributed by atoms with Crippen LogP contribution in [0.1, 0.15) is 53.4 Å². The number of carbonyl (C=O) groups excluding carboxylic acids is 1. The lowest BCUT2D eigenvalue weighted by molar-refractivity contribution is -0.124. The largest absolute Gasteiger partial charge is 0.298 e. The Kier molecular flexibility index (Phi) is 3.05. The van der Waals surface area contributed by atoms with Gasteiger partial charge in [-0.2, -0.15) is 0 Å². The average Bonchev–Trinajstić information content (AvgIpc) is 2.74. The molecule has 2 aliphatic rings. The van der Waals surface area contributed by atoms with E-state index in [9.17, 15) is 4.79 Å². The Bertz CT molecular complexity index is 348. The highest BCUT2D eigenvalue weighted by Crippen LogP contribution is 2.39. The third-order valence-electron chi connectivity index (χ3n) is 4.69. The second-order valence-electron chi connectivity index (χ2n) is 5.51. The topological polar surface area (TPSA) is 17.1 Å². The predicted octanol–water partition coefficient (Wildman–Crippen LogP) is 4.05. The minimum absolute atomic E-state index is 0.228. The molecule has 2 atom stereocenters. The van der Waals surface area contributed by atoms with Crippen LogP contribution in [-0.2, 0) is 4.79 Å². The van der Waals surface area contributed by atoms with Crippen molar-refractivity contribution in [3.8, 4) is 0 Å². The average molecular weight is 218 g/mol. The molecule has 0 heterocycles. The van der Waals surface area contributed by atoms with Crippen molar-refractivity contribution in [3.63, 3.8) is 0 Å². The molecule has 0 saturated heterocycles. The summed E-state index contributed by atoms with van der Waals surface area (Å²) in [6, 6.07) is 0. The quantitative estimate of drug-likeness (QED) is 0.639. The van der Waals surface area contributed by atoms with Gasteiger partial charge >= 0.3 is 0 Å². The fourth-order valence-corrected chi connectivity index (χ4v) is 3.10. The zero-order valence-corrected chi connectivity index (χ0v) is 10.9. The normalized spacial score (nSPS) is 30.5. The minimum atomic E-state index is 0.228. The summed E-state index contributed by atoms with van der Waals surface area (Å²) in [6.45, 7) is 8.63. The first-order valence-electron chi connectivity index (χ1n) is 6.38. The number of allylic oxidation sites excluding steroid dienone is 4. The van der Waals surface area contributed by atoms with Gasteiger partial charge in [0.15, 0.2) is 0 Å². The van der Waals surface area contributed by atoms with Gasteiger partial charge in [0.25, 0.3) is 0 Å². The first-order chi connectivity index (χ1) is 7.52. The molecule has 2 rings (SSSR count). The first-order valence-corrected chi connectivity index (χ1v) is 6.38. The van der Waals surface area contributed by atoms with Crippen LogP contribution in [0.25, 0.3) is 0 Å². The van der Waals surface area contributed by atoms with E-state index in [1.807, 2.05) is 0 Å². The first kappa shape index (κ1) is 11.6. The van der Waals surface area contributed by atoms with Crippen molar-refractivity contribution in [1.82, 2.24) is 0 Å². The van der Waals surface area contributed by atoms with Crippen molar-refractivity contribution in [2.45, 2.75) is 53.4 Å². The molecular weight excluding hydrogens is 196 g/mol. The van der Waals surface area contributed by atoms with Crippen LogP contribution in [0.2, 0.25) is 0 Å². The summed E-state index contributed by atoms with van der Waals surface area (Å²) >= 11 is 0. The molecule has 1 nitrogen and oxygen atoms in total. The van der Waals surface area contributed by atoms with Crippen LogP contribution >= 0.6 is 0 Å². The van der Waals surface area contributed by atoms with Crippen molar-refractivity contribution in [2.75, 3.05) is 0 Å². The molecule has 0 bridgehead atoms. The monoisotopic (exact) mass is 218 g/mol. The molecule has 2 unspecified atom stereocenters. The fourth-order valence-electron chi connectivity index (χ4n) is 3.10. The summed E-state index contributed by atoms with van der Waals surface area (Å²) in [4.78, 5) is 12.5. The standard InChI is InChI=1S/C15H22O/c1-9-5-7-13(11(9)3)15(16)14-8-6-10(2)12(14)4/h13-14H,5-8H2,1-4H3. The molecule has 0 N–H and O–H groups in total. The molecule has 0 aromatic carbocycles. The second kappa shape index (κ2) is 4.20. The van der Waals surface area contributed by atoms with Crippen LogP contribution in [0.4, 0.5) is 0 Å². The molecule has 0 amide bonds. The summed E-state index contributed by atoms with van der Waals surface area (Å²) in [6.07, 6.45) is 4.35. The van der Waals surface area contributed by atoms with Gasteiger partial charge in [0.1, 0.15) is 5.78 Å². The predicted molar refractivity (Wildman–Crippen MR) is 67.2 cm³/mol. The molecule has 0 spiro atoms. The summed E-state index contributed by atoms with van der Waals surface area (Å²) < 4.78 is 0. The highest BCUT2D eigenvalue weighted by Gasteiger charge is 2.34. The van der Waals surface area contributed by atoms with Gasteiger partial charge in [-0.1, -0.05) is 22.3 Å². The number of Topliss-reactive ketones (excluding diaryl/α,β-unsaturated/α-hetero) is 1. The van der Waals surface area contributed by atoms with E-state index in [1.165, 1.54) is 22.3 Å². The fraction of sp³-hybridized carbons (Fsp3) is 0.667. The third kappa shape index (κ3) is 1.77. The molecule has 0 fully saturated rings. The zero-order valence-electron chi connectivity index (χ0n) is 10.9. The lowest BCUT2D eigenvalue weighted by atomic mass is 9.85. The number of carbonyl (C=O) groups is 1. The van der Waals surface area contributed by atoms with Crippen LogP contribution < -0.4 is 0 Å². The molecule has 0 aromatic rings. The summed E-state index contributed by atoms with van der Waals surface area (Å²) in [7, 11) is 0. The van der Waals surface area contributed by atoms with Gasteiger partial charge in [-0.3, -0.25) is 4.79 Å². The smallest absolute Gasteiger partial charge is 0.147 e. The molecular formula is C15H22O. The van der Waals surface area contributed by atoms with Gasteiger partial charge in [-0.05, 0) is 53.4 Å². The van der Waals surface area contributed by atoms with E-state index in [4.69, 9.17) is 0 Å². The Morgan fingerprint density at radius 3 is 1.50 bits per heavy atom. The van der Waals surface area contributed by atoms with Gasteiger partial charge in [0.2, 0.25) is 0 Å². The van der Waals surface area contributed by atoms with Crippen molar-refractivity contribution in [1.29, 1.82) is 0 Å². The number of ketones is 1. The molecule has 16 heavy (non-hydrogen) atoms. The zero-order chi connectivity index (χ0) is 11.9. The summed E-state index contributed by atoms with van der Waals surface area (Å²) in [5.41, 5.74) is 5.58. The molecule has 0 aliphatic heterocycles. The number of hydrogen-bond donors (Lipinski definition) is 0. The van der Waals surface area contributed by atoms with E-state index >= 15 is 0 Å². The van der Waals surface area contributed by atoms with E-state index in [-0.39, 0.29) is 11.8 Å². The Labute approximate surface area is 98.6 Å².